The fraction of sp³-hybridized carbons (Fsp3) is 0.865. The Balaban J connectivity index is 1.19. The maximum Gasteiger partial charge on any atom is 0.187 e. The minimum Gasteiger partial charge on any atom is -0.393 e. The van der Waals surface area contributed by atoms with Gasteiger partial charge in [-0.15, -0.1) is 0 Å². The molecule has 3 heterocycles. The minimum atomic E-state index is -1.72. The Hall–Kier alpha value is -1.41. The van der Waals surface area contributed by atoms with Crippen LogP contribution in [0.2, 0.25) is 0 Å². The lowest BCUT2D eigenvalue weighted by atomic mass is 9.46. The van der Waals surface area contributed by atoms with Crippen LogP contribution in [0.3, 0.4) is 0 Å². The fourth-order valence-corrected chi connectivity index (χ4v) is 10.7. The number of allylic oxidation sites excluding steroid dienone is 3. The predicted octanol–water partition coefficient (Wildman–Crippen LogP) is -0.815. The lowest BCUT2D eigenvalue weighted by Gasteiger charge is -2.60. The smallest absolute Gasteiger partial charge is 0.187 e. The Morgan fingerprint density at radius 1 is 0.769 bits per heavy atom. The summed E-state index contributed by atoms with van der Waals surface area (Å²) < 4.78 is 36.5. The third-order valence-corrected chi connectivity index (χ3v) is 13.7. The summed E-state index contributed by atoms with van der Waals surface area (Å²) in [6.45, 7) is 6.84. The average molecular weight is 741 g/mol. The summed E-state index contributed by atoms with van der Waals surface area (Å²) >= 11 is 0. The van der Waals surface area contributed by atoms with Crippen LogP contribution in [-0.4, -0.2) is 152 Å². The van der Waals surface area contributed by atoms with Crippen molar-refractivity contribution in [2.75, 3.05) is 13.2 Å². The van der Waals surface area contributed by atoms with Gasteiger partial charge in [-0.25, -0.2) is 0 Å². The number of carbonyl (C=O) groups is 1. The molecular formula is C37H56O15. The molecule has 4 aliphatic carbocycles. The van der Waals surface area contributed by atoms with Gasteiger partial charge in [0.1, 0.15) is 54.9 Å². The number of hydrogen-bond acceptors (Lipinski definition) is 15. The van der Waals surface area contributed by atoms with Crippen LogP contribution in [-0.2, 0) is 33.2 Å². The SMILES string of the molecule is CC(=O)C1=CC[C@H]2[C@@H]3CC=C4C[C@@H](O)C[C@@H](O[C@@H]5OC[C@H](O)[C@H](O[C@@H]6OC[C@@H](O)[C@H](O)[C@H]6O)[C@H]5O[C@@H]5O[C@@H](C)[C@H](O)[C@@H](O)[C@H]5O)[C@]4(C)[C@H]3CC[C@]12C. The fourth-order valence-electron chi connectivity index (χ4n) is 10.7. The van der Waals surface area contributed by atoms with Crippen molar-refractivity contribution in [3.8, 4) is 0 Å². The Morgan fingerprint density at radius 3 is 2.17 bits per heavy atom. The van der Waals surface area contributed by atoms with E-state index in [2.05, 4.69) is 26.0 Å². The van der Waals surface area contributed by atoms with Crippen molar-refractivity contribution < 1.29 is 74.1 Å². The number of aliphatic hydroxyl groups is 8. The second-order valence-electron chi connectivity index (χ2n) is 16.6. The van der Waals surface area contributed by atoms with Crippen molar-refractivity contribution >= 4 is 5.78 Å². The molecule has 0 bridgehead atoms. The molecule has 3 saturated heterocycles. The van der Waals surface area contributed by atoms with Crippen LogP contribution in [0, 0.1) is 28.6 Å². The lowest BCUT2D eigenvalue weighted by Crippen LogP contribution is -2.65. The summed E-state index contributed by atoms with van der Waals surface area (Å²) in [6, 6.07) is 0. The molecule has 20 atom stereocenters. The van der Waals surface area contributed by atoms with Gasteiger partial charge in [0.15, 0.2) is 24.7 Å². The minimum absolute atomic E-state index is 0.114. The maximum absolute atomic E-state index is 12.7. The van der Waals surface area contributed by atoms with E-state index in [1.54, 1.807) is 6.92 Å². The number of carbonyl (C=O) groups excluding carboxylic acids is 1. The second kappa shape index (κ2) is 14.6. The first-order valence-electron chi connectivity index (χ1n) is 18.8. The first-order valence-corrected chi connectivity index (χ1v) is 18.8. The zero-order valence-corrected chi connectivity index (χ0v) is 30.1. The highest BCUT2D eigenvalue weighted by Crippen LogP contribution is 2.65. The lowest BCUT2D eigenvalue weighted by molar-refractivity contribution is -0.382. The number of fused-ring (bicyclic) bond motifs is 5. The highest BCUT2D eigenvalue weighted by molar-refractivity contribution is 5.95. The van der Waals surface area contributed by atoms with E-state index in [-0.39, 0.29) is 48.6 Å². The van der Waals surface area contributed by atoms with Crippen LogP contribution in [0.1, 0.15) is 66.2 Å². The number of Topliss-reactive ketones (excluding diaryl/α,β-unsaturated/α-hetero) is 1. The first-order chi connectivity index (χ1) is 24.6. The average Bonchev–Trinajstić information content (AvgIpc) is 3.47. The van der Waals surface area contributed by atoms with E-state index in [0.29, 0.717) is 6.42 Å². The van der Waals surface area contributed by atoms with Gasteiger partial charge in [-0.2, -0.15) is 0 Å². The first kappa shape index (κ1) is 38.8. The molecule has 0 spiro atoms. The van der Waals surface area contributed by atoms with E-state index in [1.165, 1.54) is 6.92 Å². The quantitative estimate of drug-likeness (QED) is 0.149. The van der Waals surface area contributed by atoms with Gasteiger partial charge < -0.3 is 69.3 Å². The Kier molecular flexibility index (Phi) is 10.9. The number of aliphatic hydroxyl groups excluding tert-OH is 8. The molecule has 0 amide bonds. The van der Waals surface area contributed by atoms with E-state index in [9.17, 15) is 45.6 Å². The van der Waals surface area contributed by atoms with E-state index in [1.807, 2.05) is 0 Å². The third kappa shape index (κ3) is 6.45. The van der Waals surface area contributed by atoms with E-state index >= 15 is 0 Å². The molecule has 294 valence electrons. The van der Waals surface area contributed by atoms with Crippen LogP contribution in [0.5, 0.6) is 0 Å². The predicted molar refractivity (Wildman–Crippen MR) is 178 cm³/mol. The molecule has 0 aromatic heterocycles. The van der Waals surface area contributed by atoms with Gasteiger partial charge in [0.05, 0.1) is 31.5 Å². The number of ketones is 1. The van der Waals surface area contributed by atoms with Gasteiger partial charge in [-0.05, 0) is 74.7 Å². The number of rotatable bonds is 7. The molecule has 3 aliphatic heterocycles. The summed E-state index contributed by atoms with van der Waals surface area (Å²) in [5.74, 6) is 0.796. The summed E-state index contributed by atoms with van der Waals surface area (Å²) in [6.07, 6.45) is -11.9. The molecule has 0 unspecified atom stereocenters. The summed E-state index contributed by atoms with van der Waals surface area (Å²) in [4.78, 5) is 12.7. The van der Waals surface area contributed by atoms with Crippen molar-refractivity contribution in [3.63, 3.8) is 0 Å². The van der Waals surface area contributed by atoms with Gasteiger partial charge in [-0.1, -0.05) is 31.6 Å². The van der Waals surface area contributed by atoms with Crippen LogP contribution in [0.4, 0.5) is 0 Å². The molecular weight excluding hydrogens is 684 g/mol. The summed E-state index contributed by atoms with van der Waals surface area (Å²) in [5.41, 5.74) is 1.23. The van der Waals surface area contributed by atoms with Crippen molar-refractivity contribution in [2.45, 2.75) is 158 Å². The maximum atomic E-state index is 12.7. The Bertz CT molecular complexity index is 1390. The van der Waals surface area contributed by atoms with Crippen LogP contribution < -0.4 is 0 Å². The van der Waals surface area contributed by atoms with Crippen LogP contribution in [0.15, 0.2) is 23.3 Å². The topological polar surface area (TPSA) is 234 Å². The summed E-state index contributed by atoms with van der Waals surface area (Å²) in [5, 5.41) is 85.3. The van der Waals surface area contributed by atoms with Crippen LogP contribution >= 0.6 is 0 Å². The van der Waals surface area contributed by atoms with Crippen molar-refractivity contribution in [1.29, 1.82) is 0 Å². The zero-order chi connectivity index (χ0) is 37.4. The Morgan fingerprint density at radius 2 is 1.44 bits per heavy atom. The number of hydrogen-bond donors (Lipinski definition) is 8. The Labute approximate surface area is 303 Å². The van der Waals surface area contributed by atoms with E-state index in [0.717, 1.165) is 36.8 Å². The van der Waals surface area contributed by atoms with Crippen molar-refractivity contribution in [3.05, 3.63) is 23.3 Å². The summed E-state index contributed by atoms with van der Waals surface area (Å²) in [7, 11) is 0. The molecule has 15 nitrogen and oxygen atoms in total. The van der Waals surface area contributed by atoms with Crippen molar-refractivity contribution in [1.82, 2.24) is 0 Å². The van der Waals surface area contributed by atoms with E-state index in [4.69, 9.17) is 28.4 Å². The molecule has 15 heteroatoms. The normalized spacial score (nSPS) is 53.6. The van der Waals surface area contributed by atoms with Gasteiger partial charge in [0.25, 0.3) is 0 Å². The molecule has 2 saturated carbocycles. The molecule has 8 N–H and O–H groups in total. The van der Waals surface area contributed by atoms with Gasteiger partial charge in [0.2, 0.25) is 0 Å². The van der Waals surface area contributed by atoms with Crippen LogP contribution in [0.25, 0.3) is 0 Å². The van der Waals surface area contributed by atoms with Gasteiger partial charge in [0, 0.05) is 11.8 Å². The second-order valence-corrected chi connectivity index (χ2v) is 16.6. The van der Waals surface area contributed by atoms with Gasteiger partial charge >= 0.3 is 0 Å². The molecule has 0 aromatic carbocycles. The van der Waals surface area contributed by atoms with E-state index < -0.39 is 97.5 Å². The van der Waals surface area contributed by atoms with Crippen molar-refractivity contribution in [2.24, 2.45) is 28.6 Å². The molecule has 7 rings (SSSR count). The molecule has 5 fully saturated rings. The van der Waals surface area contributed by atoms with Gasteiger partial charge in [-0.3, -0.25) is 4.79 Å². The molecule has 52 heavy (non-hydrogen) atoms. The highest BCUT2D eigenvalue weighted by atomic mass is 16.8. The zero-order valence-electron chi connectivity index (χ0n) is 30.1. The molecule has 7 aliphatic rings. The molecule has 0 aromatic rings. The monoisotopic (exact) mass is 740 g/mol. The number of ether oxygens (including phenoxy) is 6. The largest absolute Gasteiger partial charge is 0.393 e. The molecule has 0 radical (unpaired) electrons. The standard InChI is InChI=1S/C37H56O15/c1-15(38)20-7-8-21-19-6-5-17-11-18(39)12-25(37(17,4)22(19)9-10-36(20,21)3)50-35-32(52-34-30(46)28(44)26(42)16(2)49-34)31(24(41)14-48-35)51-33-29(45)27(43)23(40)13-47-33/h5,7,16,18-19,21-35,39-46H,6,8-14H2,1-4H3/t16-,18+,19-,21-,22-,23+,24-,25+,26-,27-,28+,29+,30+,31-,32+,33-,34-,35-,36+,37-/m0/s1. The third-order valence-electron chi connectivity index (χ3n) is 13.7. The highest BCUT2D eigenvalue weighted by Gasteiger charge is 2.61.